The number of halogens is 1. The van der Waals surface area contributed by atoms with Crippen LogP contribution in [0.1, 0.15) is 16.1 Å². The highest BCUT2D eigenvalue weighted by Gasteiger charge is 2.18. The fourth-order valence-corrected chi connectivity index (χ4v) is 3.32. The van der Waals surface area contributed by atoms with Crippen LogP contribution in [0.2, 0.25) is 25.7 Å². The molecule has 0 aliphatic heterocycles. The molecule has 0 atom stereocenters. The van der Waals surface area contributed by atoms with E-state index in [4.69, 9.17) is 9.47 Å². The minimum Gasteiger partial charge on any atom is -0.464 e. The van der Waals surface area contributed by atoms with Crippen molar-refractivity contribution in [2.45, 2.75) is 37.7 Å². The molecule has 0 saturated carbocycles. The molecule has 2 heterocycles. The average molecular weight is 400 g/mol. The van der Waals surface area contributed by atoms with Crippen LogP contribution >= 0.6 is 15.9 Å². The van der Waals surface area contributed by atoms with Crippen LogP contribution in [-0.2, 0) is 21.5 Å². The Morgan fingerprint density at radius 1 is 1.35 bits per heavy atom. The zero-order valence-electron chi connectivity index (χ0n) is 13.9. The first-order valence-electron chi connectivity index (χ1n) is 7.43. The Morgan fingerprint density at radius 3 is 2.70 bits per heavy atom. The van der Waals surface area contributed by atoms with Gasteiger partial charge in [-0.05, 0) is 6.04 Å². The minimum absolute atomic E-state index is 0.278. The molecule has 0 unspecified atom stereocenters. The van der Waals surface area contributed by atoms with Crippen molar-refractivity contribution < 1.29 is 14.3 Å². The molecule has 2 rings (SSSR count). The largest absolute Gasteiger partial charge is 0.464 e. The van der Waals surface area contributed by atoms with Crippen molar-refractivity contribution in [1.29, 1.82) is 0 Å². The number of rotatable bonds is 7. The Balaban J connectivity index is 2.25. The SMILES string of the molecule is COC(=O)c1ncc(CBr)c2c1cnn2COCC[Si](C)(C)C. The van der Waals surface area contributed by atoms with E-state index in [1.807, 2.05) is 0 Å². The van der Waals surface area contributed by atoms with Crippen LogP contribution in [0.3, 0.4) is 0 Å². The molecule has 0 amide bonds. The lowest BCUT2D eigenvalue weighted by Gasteiger charge is -2.15. The Morgan fingerprint density at radius 2 is 2.09 bits per heavy atom. The number of ether oxygens (including phenoxy) is 2. The monoisotopic (exact) mass is 399 g/mol. The molecular formula is C15H22BrN3O3Si. The van der Waals surface area contributed by atoms with Gasteiger partial charge in [0, 0.05) is 31.8 Å². The summed E-state index contributed by atoms with van der Waals surface area (Å²) < 4.78 is 12.3. The second-order valence-corrected chi connectivity index (χ2v) is 12.7. The highest BCUT2D eigenvalue weighted by Crippen LogP contribution is 2.23. The van der Waals surface area contributed by atoms with Crippen LogP contribution in [0.15, 0.2) is 12.4 Å². The third-order valence-electron chi connectivity index (χ3n) is 3.48. The first-order valence-corrected chi connectivity index (χ1v) is 12.3. The van der Waals surface area contributed by atoms with Crippen LogP contribution in [-0.4, -0.2) is 42.5 Å². The van der Waals surface area contributed by atoms with Crippen LogP contribution in [0.4, 0.5) is 0 Å². The van der Waals surface area contributed by atoms with Gasteiger partial charge in [0.1, 0.15) is 6.73 Å². The molecule has 8 heteroatoms. The van der Waals surface area contributed by atoms with E-state index < -0.39 is 14.0 Å². The van der Waals surface area contributed by atoms with Gasteiger partial charge in [-0.3, -0.25) is 0 Å². The maximum atomic E-state index is 11.8. The van der Waals surface area contributed by atoms with Crippen molar-refractivity contribution in [1.82, 2.24) is 14.8 Å². The predicted octanol–water partition coefficient (Wildman–Crippen LogP) is 3.43. The topological polar surface area (TPSA) is 66.2 Å². The van der Waals surface area contributed by atoms with Gasteiger partial charge in [-0.1, -0.05) is 35.6 Å². The summed E-state index contributed by atoms with van der Waals surface area (Å²) in [4.78, 5) is 16.0. The first-order chi connectivity index (χ1) is 10.9. The number of fused-ring (bicyclic) bond motifs is 1. The molecule has 2 aromatic rings. The molecule has 0 spiro atoms. The maximum Gasteiger partial charge on any atom is 0.357 e. The van der Waals surface area contributed by atoms with Gasteiger partial charge in [0.05, 0.1) is 24.2 Å². The van der Waals surface area contributed by atoms with E-state index in [0.29, 0.717) is 17.4 Å². The average Bonchev–Trinajstić information content (AvgIpc) is 2.93. The minimum atomic E-state index is -1.11. The predicted molar refractivity (Wildman–Crippen MR) is 95.6 cm³/mol. The molecule has 23 heavy (non-hydrogen) atoms. The number of alkyl halides is 1. The van der Waals surface area contributed by atoms with Crippen molar-refractivity contribution in [3.05, 3.63) is 23.7 Å². The summed E-state index contributed by atoms with van der Waals surface area (Å²) in [6.45, 7) is 8.03. The lowest BCUT2D eigenvalue weighted by Crippen LogP contribution is -2.22. The van der Waals surface area contributed by atoms with Crippen LogP contribution in [0.5, 0.6) is 0 Å². The van der Waals surface area contributed by atoms with Crippen molar-refractivity contribution in [2.75, 3.05) is 13.7 Å². The van der Waals surface area contributed by atoms with Gasteiger partial charge in [0.15, 0.2) is 5.69 Å². The number of hydrogen-bond donors (Lipinski definition) is 0. The Bertz CT molecular complexity index is 697. The highest BCUT2D eigenvalue weighted by atomic mass is 79.9. The quantitative estimate of drug-likeness (QED) is 0.308. The molecule has 126 valence electrons. The van der Waals surface area contributed by atoms with E-state index in [-0.39, 0.29) is 5.69 Å². The van der Waals surface area contributed by atoms with E-state index in [9.17, 15) is 4.79 Å². The standard InChI is InChI=1S/C15H22BrN3O3Si/c1-21-15(20)13-12-9-18-19(10-22-5-6-23(2,3)4)14(12)11(7-16)8-17-13/h8-9H,5-7,10H2,1-4H3. The van der Waals surface area contributed by atoms with Crippen molar-refractivity contribution in [2.24, 2.45) is 0 Å². The van der Waals surface area contributed by atoms with Gasteiger partial charge in [-0.2, -0.15) is 5.10 Å². The second kappa shape index (κ2) is 7.54. The summed E-state index contributed by atoms with van der Waals surface area (Å²) in [7, 11) is 0.233. The Hall–Kier alpha value is -1.25. The van der Waals surface area contributed by atoms with Crippen LogP contribution < -0.4 is 0 Å². The second-order valence-electron chi connectivity index (χ2n) is 6.51. The molecule has 6 nitrogen and oxygen atoms in total. The molecule has 0 aliphatic carbocycles. The maximum absolute atomic E-state index is 11.8. The summed E-state index contributed by atoms with van der Waals surface area (Å²) in [5.41, 5.74) is 2.09. The molecule has 0 fully saturated rings. The zero-order chi connectivity index (χ0) is 17.0. The molecular weight excluding hydrogens is 378 g/mol. The van der Waals surface area contributed by atoms with E-state index in [2.05, 4.69) is 45.7 Å². The summed E-state index contributed by atoms with van der Waals surface area (Å²) in [5, 5.41) is 5.66. The molecule has 0 bridgehead atoms. The fourth-order valence-electron chi connectivity index (χ4n) is 2.15. The summed E-state index contributed by atoms with van der Waals surface area (Å²) >= 11 is 3.45. The van der Waals surface area contributed by atoms with E-state index in [1.165, 1.54) is 7.11 Å². The molecule has 0 radical (unpaired) electrons. The summed E-state index contributed by atoms with van der Waals surface area (Å²) in [5.74, 6) is -0.463. The summed E-state index contributed by atoms with van der Waals surface area (Å²) in [6.07, 6.45) is 3.31. The lowest BCUT2D eigenvalue weighted by atomic mass is 10.2. The number of carbonyl (C=O) groups is 1. The van der Waals surface area contributed by atoms with Crippen LogP contribution in [0, 0.1) is 0 Å². The van der Waals surface area contributed by atoms with Crippen molar-refractivity contribution >= 4 is 40.9 Å². The van der Waals surface area contributed by atoms with Crippen LogP contribution in [0.25, 0.3) is 10.9 Å². The van der Waals surface area contributed by atoms with E-state index in [0.717, 1.165) is 23.7 Å². The normalized spacial score (nSPS) is 11.9. The van der Waals surface area contributed by atoms with Gasteiger partial charge in [0.25, 0.3) is 0 Å². The number of methoxy groups -OCH3 is 1. The van der Waals surface area contributed by atoms with E-state index in [1.54, 1.807) is 17.1 Å². The molecule has 0 aliphatic rings. The number of carbonyl (C=O) groups excluding carboxylic acids is 1. The number of aromatic nitrogens is 3. The number of nitrogens with zero attached hydrogens (tertiary/aromatic N) is 3. The molecule has 0 saturated heterocycles. The van der Waals surface area contributed by atoms with Gasteiger partial charge in [-0.15, -0.1) is 0 Å². The smallest absolute Gasteiger partial charge is 0.357 e. The number of hydrogen-bond acceptors (Lipinski definition) is 5. The Kier molecular flexibility index (Phi) is 5.93. The third-order valence-corrected chi connectivity index (χ3v) is 5.79. The zero-order valence-corrected chi connectivity index (χ0v) is 16.5. The molecule has 2 aromatic heterocycles. The van der Waals surface area contributed by atoms with E-state index >= 15 is 0 Å². The van der Waals surface area contributed by atoms with Gasteiger partial charge < -0.3 is 9.47 Å². The third kappa shape index (κ3) is 4.39. The van der Waals surface area contributed by atoms with Crippen molar-refractivity contribution in [3.8, 4) is 0 Å². The van der Waals surface area contributed by atoms with Gasteiger partial charge >= 0.3 is 5.97 Å². The number of pyridine rings is 1. The summed E-state index contributed by atoms with van der Waals surface area (Å²) in [6, 6.07) is 1.10. The number of esters is 1. The first kappa shape index (κ1) is 18.1. The fraction of sp³-hybridized carbons (Fsp3) is 0.533. The van der Waals surface area contributed by atoms with Crippen molar-refractivity contribution in [3.63, 3.8) is 0 Å². The molecule has 0 aromatic carbocycles. The lowest BCUT2D eigenvalue weighted by molar-refractivity contribution is 0.0596. The van der Waals surface area contributed by atoms with Gasteiger partial charge in [-0.25, -0.2) is 14.5 Å². The molecule has 0 N–H and O–H groups in total. The van der Waals surface area contributed by atoms with Gasteiger partial charge in [0.2, 0.25) is 0 Å². The Labute approximate surface area is 145 Å². The highest BCUT2D eigenvalue weighted by molar-refractivity contribution is 9.08.